The molecule has 0 aliphatic carbocycles. The number of aliphatic hydroxyl groups excluding tert-OH is 1. The molecule has 1 fully saturated rings. The summed E-state index contributed by atoms with van der Waals surface area (Å²) in [6.07, 6.45) is 16.5. The highest BCUT2D eigenvalue weighted by atomic mass is 16.5. The highest BCUT2D eigenvalue weighted by Crippen LogP contribution is 2.28. The first-order chi connectivity index (χ1) is 16.1. The van der Waals surface area contributed by atoms with E-state index < -0.39 is 6.10 Å². The number of methoxy groups -OCH3 is 1. The van der Waals surface area contributed by atoms with E-state index in [4.69, 9.17) is 9.47 Å². The first-order valence-corrected chi connectivity index (χ1v) is 13.0. The van der Waals surface area contributed by atoms with Crippen LogP contribution in [0.4, 0.5) is 0 Å². The third-order valence-electron chi connectivity index (χ3n) is 6.40. The van der Waals surface area contributed by atoms with E-state index in [1.54, 1.807) is 0 Å². The Bertz CT molecular complexity index is 697. The maximum atomic E-state index is 11.4. The second-order valence-corrected chi connectivity index (χ2v) is 9.13. The van der Waals surface area contributed by atoms with Crippen molar-refractivity contribution in [2.75, 3.05) is 33.4 Å². The van der Waals surface area contributed by atoms with Gasteiger partial charge in [-0.2, -0.15) is 0 Å². The van der Waals surface area contributed by atoms with Crippen LogP contribution in [0.25, 0.3) is 6.08 Å². The maximum Gasteiger partial charge on any atom is 0.305 e. The van der Waals surface area contributed by atoms with Gasteiger partial charge in [0.2, 0.25) is 0 Å². The number of unbranched alkanes of at least 4 members (excludes halogenated alkanes) is 5. The maximum absolute atomic E-state index is 11.4. The first kappa shape index (κ1) is 27.4. The van der Waals surface area contributed by atoms with Gasteiger partial charge in [0.1, 0.15) is 12.4 Å². The van der Waals surface area contributed by atoms with Gasteiger partial charge in [0.15, 0.2) is 0 Å². The number of allylic oxidation sites excluding steroid dienone is 1. The molecular formula is C28H45NO4. The number of hydrogen-bond donors (Lipinski definition) is 1. The number of nitrogens with zero attached hydrogens (tertiary/aromatic N) is 1. The standard InChI is InChI=1S/C28H45NO4/c1-3-4-5-6-7-8-10-14-24-23-25(33-22-21-29-19-11-9-12-20-29)17-18-26(24)27(30)15-13-16-28(31)32-2/h10,14,17-18,23,27,30H,3-9,11-13,15-16,19-22H2,1-2H3/b14-10+. The molecule has 0 aromatic heterocycles. The Hall–Kier alpha value is -1.85. The molecule has 1 atom stereocenters. The van der Waals surface area contributed by atoms with E-state index in [-0.39, 0.29) is 5.97 Å². The van der Waals surface area contributed by atoms with Crippen LogP contribution < -0.4 is 4.74 Å². The van der Waals surface area contributed by atoms with Crippen LogP contribution in [0.1, 0.15) is 101 Å². The lowest BCUT2D eigenvalue weighted by atomic mass is 9.97. The van der Waals surface area contributed by atoms with Gasteiger partial charge in [0, 0.05) is 13.0 Å². The zero-order valence-electron chi connectivity index (χ0n) is 20.9. The number of rotatable bonds is 16. The number of aliphatic hydroxyl groups is 1. The van der Waals surface area contributed by atoms with Gasteiger partial charge in [-0.15, -0.1) is 0 Å². The second-order valence-electron chi connectivity index (χ2n) is 9.13. The van der Waals surface area contributed by atoms with Gasteiger partial charge in [-0.25, -0.2) is 0 Å². The third kappa shape index (κ3) is 11.2. The summed E-state index contributed by atoms with van der Waals surface area (Å²) in [6, 6.07) is 5.97. The zero-order valence-corrected chi connectivity index (χ0v) is 20.9. The van der Waals surface area contributed by atoms with Crippen LogP contribution in [-0.4, -0.2) is 49.3 Å². The van der Waals surface area contributed by atoms with Crippen LogP contribution in [0.15, 0.2) is 24.3 Å². The molecule has 0 bridgehead atoms. The average molecular weight is 460 g/mol. The van der Waals surface area contributed by atoms with E-state index >= 15 is 0 Å². The Morgan fingerprint density at radius 1 is 1.12 bits per heavy atom. The van der Waals surface area contributed by atoms with Crippen molar-refractivity contribution in [2.24, 2.45) is 0 Å². The van der Waals surface area contributed by atoms with E-state index in [0.717, 1.165) is 29.8 Å². The summed E-state index contributed by atoms with van der Waals surface area (Å²) in [5, 5.41) is 10.8. The SMILES string of the molecule is CCCCCCC/C=C/c1cc(OCCN2CCCCC2)ccc1C(O)CCCC(=O)OC. The molecule has 1 aliphatic heterocycles. The molecule has 1 saturated heterocycles. The molecule has 5 nitrogen and oxygen atoms in total. The molecule has 33 heavy (non-hydrogen) atoms. The fraction of sp³-hybridized carbons (Fsp3) is 0.679. The van der Waals surface area contributed by atoms with Crippen LogP contribution in [0.2, 0.25) is 0 Å². The molecule has 186 valence electrons. The van der Waals surface area contributed by atoms with Gasteiger partial charge >= 0.3 is 5.97 Å². The number of esters is 1. The van der Waals surface area contributed by atoms with Gasteiger partial charge in [0.05, 0.1) is 13.2 Å². The second kappa shape index (κ2) is 16.7. The normalized spacial score (nSPS) is 15.6. The fourth-order valence-electron chi connectivity index (χ4n) is 4.34. The molecule has 1 N–H and O–H groups in total. The summed E-state index contributed by atoms with van der Waals surface area (Å²) in [5.41, 5.74) is 1.90. The number of ether oxygens (including phenoxy) is 2. The molecule has 1 aromatic rings. The zero-order chi connectivity index (χ0) is 23.7. The average Bonchev–Trinajstić information content (AvgIpc) is 2.84. The van der Waals surface area contributed by atoms with Gasteiger partial charge in [-0.05, 0) is 74.9 Å². The molecule has 0 radical (unpaired) electrons. The molecule has 1 unspecified atom stereocenters. The van der Waals surface area contributed by atoms with Crippen LogP contribution in [0.3, 0.4) is 0 Å². The number of carbonyl (C=O) groups is 1. The summed E-state index contributed by atoms with van der Waals surface area (Å²) < 4.78 is 10.8. The number of likely N-dealkylation sites (tertiary alicyclic amines) is 1. The van der Waals surface area contributed by atoms with Crippen molar-refractivity contribution < 1.29 is 19.4 Å². The molecule has 0 saturated carbocycles. The molecule has 0 spiro atoms. The monoisotopic (exact) mass is 459 g/mol. The molecule has 2 rings (SSSR count). The van der Waals surface area contributed by atoms with E-state index in [1.807, 2.05) is 18.2 Å². The van der Waals surface area contributed by atoms with Crippen LogP contribution in [-0.2, 0) is 9.53 Å². The van der Waals surface area contributed by atoms with Gasteiger partial charge < -0.3 is 14.6 Å². The van der Waals surface area contributed by atoms with Crippen molar-refractivity contribution >= 4 is 12.0 Å². The lowest BCUT2D eigenvalue weighted by molar-refractivity contribution is -0.140. The van der Waals surface area contributed by atoms with Gasteiger partial charge in [-0.3, -0.25) is 9.69 Å². The molecule has 1 aliphatic rings. The fourth-order valence-corrected chi connectivity index (χ4v) is 4.34. The van der Waals surface area contributed by atoms with Crippen molar-refractivity contribution in [3.8, 4) is 5.75 Å². The summed E-state index contributed by atoms with van der Waals surface area (Å²) in [5.74, 6) is 0.614. The van der Waals surface area contributed by atoms with E-state index in [0.29, 0.717) is 25.9 Å². The van der Waals surface area contributed by atoms with Crippen LogP contribution in [0.5, 0.6) is 5.75 Å². The Labute approximate surface area is 201 Å². The number of piperidine rings is 1. The molecule has 1 aromatic carbocycles. The predicted molar refractivity (Wildman–Crippen MR) is 135 cm³/mol. The van der Waals surface area contributed by atoms with Crippen molar-refractivity contribution in [1.82, 2.24) is 4.90 Å². The molecule has 0 amide bonds. The Kier molecular flexibility index (Phi) is 13.9. The Balaban J connectivity index is 1.95. The topological polar surface area (TPSA) is 59.0 Å². The highest BCUT2D eigenvalue weighted by Gasteiger charge is 2.14. The molecule has 5 heteroatoms. The van der Waals surface area contributed by atoms with Crippen molar-refractivity contribution in [3.63, 3.8) is 0 Å². The summed E-state index contributed by atoms with van der Waals surface area (Å²) in [7, 11) is 1.40. The highest BCUT2D eigenvalue weighted by molar-refractivity contribution is 5.69. The minimum Gasteiger partial charge on any atom is -0.492 e. The third-order valence-corrected chi connectivity index (χ3v) is 6.40. The lowest BCUT2D eigenvalue weighted by Gasteiger charge is -2.26. The quantitative estimate of drug-likeness (QED) is 0.232. The van der Waals surface area contributed by atoms with Crippen LogP contribution >= 0.6 is 0 Å². The van der Waals surface area contributed by atoms with E-state index in [1.165, 1.54) is 71.6 Å². The van der Waals surface area contributed by atoms with Gasteiger partial charge in [-0.1, -0.05) is 57.2 Å². The van der Waals surface area contributed by atoms with Crippen molar-refractivity contribution in [3.05, 3.63) is 35.4 Å². The largest absolute Gasteiger partial charge is 0.492 e. The number of benzene rings is 1. The van der Waals surface area contributed by atoms with Crippen molar-refractivity contribution in [2.45, 2.75) is 90.1 Å². The Morgan fingerprint density at radius 2 is 1.91 bits per heavy atom. The summed E-state index contributed by atoms with van der Waals surface area (Å²) >= 11 is 0. The first-order valence-electron chi connectivity index (χ1n) is 13.0. The summed E-state index contributed by atoms with van der Waals surface area (Å²) in [4.78, 5) is 13.9. The summed E-state index contributed by atoms with van der Waals surface area (Å²) in [6.45, 7) is 6.22. The lowest BCUT2D eigenvalue weighted by Crippen LogP contribution is -2.33. The minimum absolute atomic E-state index is 0.233. The Morgan fingerprint density at radius 3 is 2.67 bits per heavy atom. The number of carbonyl (C=O) groups excluding carboxylic acids is 1. The van der Waals surface area contributed by atoms with Gasteiger partial charge in [0.25, 0.3) is 0 Å². The van der Waals surface area contributed by atoms with Crippen molar-refractivity contribution in [1.29, 1.82) is 0 Å². The minimum atomic E-state index is -0.610. The van der Waals surface area contributed by atoms with E-state index in [2.05, 4.69) is 24.0 Å². The molecule has 1 heterocycles. The van der Waals surface area contributed by atoms with Crippen LogP contribution in [0, 0.1) is 0 Å². The predicted octanol–water partition coefficient (Wildman–Crippen LogP) is 6.30. The number of hydrogen-bond acceptors (Lipinski definition) is 5. The van der Waals surface area contributed by atoms with E-state index in [9.17, 15) is 9.90 Å². The molecular weight excluding hydrogens is 414 g/mol. The smallest absolute Gasteiger partial charge is 0.305 e.